The van der Waals surface area contributed by atoms with Crippen LogP contribution in [0.25, 0.3) is 0 Å². The fourth-order valence-electron chi connectivity index (χ4n) is 4.97. The summed E-state index contributed by atoms with van der Waals surface area (Å²) in [6, 6.07) is -0.280. The van der Waals surface area contributed by atoms with E-state index in [0.717, 1.165) is 23.6 Å². The summed E-state index contributed by atoms with van der Waals surface area (Å²) < 4.78 is 48.6. The molecule has 1 spiro atoms. The van der Waals surface area contributed by atoms with E-state index in [2.05, 4.69) is 13.8 Å². The summed E-state index contributed by atoms with van der Waals surface area (Å²) in [5.41, 5.74) is -0.440. The van der Waals surface area contributed by atoms with Gasteiger partial charge in [-0.2, -0.15) is 0 Å². The number of amides is 1. The zero-order valence-corrected chi connectivity index (χ0v) is 13.2. The van der Waals surface area contributed by atoms with Crippen molar-refractivity contribution in [2.75, 3.05) is 5.75 Å². The van der Waals surface area contributed by atoms with E-state index in [1.54, 1.807) is 0 Å². The molecule has 2 aliphatic carbocycles. The minimum Gasteiger partial charge on any atom is -0.274 e. The van der Waals surface area contributed by atoms with E-state index in [9.17, 15) is 13.2 Å². The Bertz CT molecular complexity index is 643. The first-order valence-electron chi connectivity index (χ1n) is 8.88. The zero-order valence-electron chi connectivity index (χ0n) is 15.3. The quantitative estimate of drug-likeness (QED) is 0.787. The van der Waals surface area contributed by atoms with Gasteiger partial charge in [0.15, 0.2) is 0 Å². The van der Waals surface area contributed by atoms with Gasteiger partial charge in [-0.15, -0.1) is 0 Å². The van der Waals surface area contributed by atoms with Crippen LogP contribution in [0.4, 0.5) is 0 Å². The highest BCUT2D eigenvalue weighted by molar-refractivity contribution is 7.90. The Hall–Kier alpha value is -0.580. The molecule has 1 unspecified atom stereocenters. The lowest BCUT2D eigenvalue weighted by molar-refractivity contribution is -0.129. The van der Waals surface area contributed by atoms with Crippen LogP contribution in [0, 0.1) is 22.7 Å². The van der Waals surface area contributed by atoms with E-state index < -0.39 is 28.7 Å². The van der Waals surface area contributed by atoms with Gasteiger partial charge in [0.05, 0.1) is 11.8 Å². The number of rotatable bonds is 2. The number of nitrogens with zero attached hydrogens (tertiary/aromatic N) is 1. The van der Waals surface area contributed by atoms with E-state index in [1.807, 2.05) is 0 Å². The number of hydrogen-bond donors (Lipinski definition) is 0. The van der Waals surface area contributed by atoms with Crippen LogP contribution in [-0.2, 0) is 14.8 Å². The van der Waals surface area contributed by atoms with Crippen LogP contribution in [0.3, 0.4) is 0 Å². The molecule has 0 N–H and O–H groups in total. The molecule has 114 valence electrons. The van der Waals surface area contributed by atoms with Gasteiger partial charge in [-0.25, -0.2) is 12.7 Å². The van der Waals surface area contributed by atoms with Crippen molar-refractivity contribution in [1.29, 1.82) is 0 Å². The molecule has 3 aliphatic rings. The van der Waals surface area contributed by atoms with Crippen LogP contribution in [0.15, 0.2) is 0 Å². The summed E-state index contributed by atoms with van der Waals surface area (Å²) in [7, 11) is -3.65. The van der Waals surface area contributed by atoms with Crippen molar-refractivity contribution in [2.45, 2.75) is 59.3 Å². The Labute approximate surface area is 126 Å². The van der Waals surface area contributed by atoms with Crippen molar-refractivity contribution in [3.63, 3.8) is 0 Å². The topological polar surface area (TPSA) is 54.5 Å². The molecule has 3 fully saturated rings. The summed E-state index contributed by atoms with van der Waals surface area (Å²) >= 11 is 0. The number of sulfonamides is 1. The molecular formula is C15H25NO3S. The molecule has 20 heavy (non-hydrogen) atoms. The minimum atomic E-state index is -3.65. The van der Waals surface area contributed by atoms with Gasteiger partial charge in [0.2, 0.25) is 15.9 Å². The molecule has 0 aromatic heterocycles. The molecule has 1 aliphatic heterocycles. The van der Waals surface area contributed by atoms with Gasteiger partial charge in [0.25, 0.3) is 0 Å². The summed E-state index contributed by atoms with van der Waals surface area (Å²) in [5.74, 6) is -0.909. The Morgan fingerprint density at radius 2 is 2.20 bits per heavy atom. The summed E-state index contributed by atoms with van der Waals surface area (Å²) in [6.07, 6.45) is 2.34. The lowest BCUT2D eigenvalue weighted by Crippen LogP contribution is -2.44. The third kappa shape index (κ3) is 1.59. The van der Waals surface area contributed by atoms with Gasteiger partial charge in [0.1, 0.15) is 0 Å². The van der Waals surface area contributed by atoms with Crippen LogP contribution in [0.5, 0.6) is 0 Å². The van der Waals surface area contributed by atoms with Gasteiger partial charge >= 0.3 is 0 Å². The first-order valence-corrected chi connectivity index (χ1v) is 8.99. The van der Waals surface area contributed by atoms with Gasteiger partial charge in [0, 0.05) is 15.9 Å². The standard InChI is InChI=1S/C15H25NO3S/c1-10(2)7-13(17)16-12-8-11-5-6-15(12,14(11,3)4)9-20(16,18)19/h10-12H,5-9H2,1-4H3/t11-,12-,15-/m1/s1/i1D3/t10?,11-,12-,15-. The summed E-state index contributed by atoms with van der Waals surface area (Å²) in [4.78, 5) is 12.6. The second kappa shape index (κ2) is 3.99. The predicted molar refractivity (Wildman–Crippen MR) is 77.4 cm³/mol. The highest BCUT2D eigenvalue weighted by Gasteiger charge is 2.72. The molecular weight excluding hydrogens is 274 g/mol. The first kappa shape index (κ1) is 11.0. The number of carbonyl (C=O) groups is 1. The Balaban J connectivity index is 1.91. The van der Waals surface area contributed by atoms with Crippen LogP contribution in [-0.4, -0.2) is 30.4 Å². The second-order valence-corrected chi connectivity index (χ2v) is 9.26. The highest BCUT2D eigenvalue weighted by atomic mass is 32.2. The molecule has 1 amide bonds. The van der Waals surface area contributed by atoms with E-state index >= 15 is 0 Å². The maximum Gasteiger partial charge on any atom is 0.238 e. The lowest BCUT2D eigenvalue weighted by atomic mass is 9.69. The maximum absolute atomic E-state index is 12.7. The van der Waals surface area contributed by atoms with Gasteiger partial charge in [-0.3, -0.25) is 4.79 Å². The molecule has 1 heterocycles. The number of fused-ring (bicyclic) bond motifs is 1. The molecule has 0 aromatic rings. The van der Waals surface area contributed by atoms with E-state index in [0.29, 0.717) is 5.92 Å². The Morgan fingerprint density at radius 1 is 1.50 bits per heavy atom. The van der Waals surface area contributed by atoms with Crippen LogP contribution in [0.2, 0.25) is 0 Å². The maximum atomic E-state index is 12.7. The smallest absolute Gasteiger partial charge is 0.238 e. The average molecular weight is 302 g/mol. The van der Waals surface area contributed by atoms with E-state index in [4.69, 9.17) is 4.11 Å². The van der Waals surface area contributed by atoms with Crippen molar-refractivity contribution in [1.82, 2.24) is 4.31 Å². The summed E-state index contributed by atoms with van der Waals surface area (Å²) in [6.45, 7) is 3.48. The Morgan fingerprint density at radius 3 is 2.80 bits per heavy atom. The SMILES string of the molecule is [2H]C([2H])([2H])C(C)CC(=O)N1[C@@H]2C[C@H]3CC[C@]2(CS1(=O)=O)C3(C)C. The van der Waals surface area contributed by atoms with Crippen molar-refractivity contribution in [3.05, 3.63) is 0 Å². The first-order chi connectivity index (χ1) is 10.3. The fraction of sp³-hybridized carbons (Fsp3) is 0.933. The van der Waals surface area contributed by atoms with Crippen molar-refractivity contribution < 1.29 is 17.3 Å². The lowest BCUT2D eigenvalue weighted by Gasteiger charge is -2.37. The zero-order chi connectivity index (χ0) is 17.4. The number of carbonyl (C=O) groups excluding carboxylic acids is 1. The highest BCUT2D eigenvalue weighted by Crippen LogP contribution is 2.70. The fourth-order valence-corrected chi connectivity index (χ4v) is 7.53. The van der Waals surface area contributed by atoms with Crippen LogP contribution in [0.1, 0.15) is 57.4 Å². The molecule has 4 atom stereocenters. The Kier molecular flexibility index (Phi) is 2.21. The van der Waals surface area contributed by atoms with Crippen molar-refractivity contribution >= 4 is 15.9 Å². The molecule has 5 heteroatoms. The van der Waals surface area contributed by atoms with E-state index in [-0.39, 0.29) is 29.0 Å². The van der Waals surface area contributed by atoms with Crippen LogP contribution < -0.4 is 0 Å². The average Bonchev–Trinajstić information content (AvgIpc) is 2.83. The third-order valence-electron chi connectivity index (χ3n) is 6.14. The monoisotopic (exact) mass is 302 g/mol. The van der Waals surface area contributed by atoms with Gasteiger partial charge < -0.3 is 0 Å². The van der Waals surface area contributed by atoms with Crippen LogP contribution >= 0.6 is 0 Å². The normalized spacial score (nSPS) is 44.5. The van der Waals surface area contributed by atoms with Crippen molar-refractivity contribution in [3.8, 4) is 0 Å². The predicted octanol–water partition coefficient (Wildman–Crippen LogP) is 2.40. The largest absolute Gasteiger partial charge is 0.274 e. The second-order valence-electron chi connectivity index (χ2n) is 7.42. The molecule has 1 saturated heterocycles. The third-order valence-corrected chi connectivity index (χ3v) is 8.08. The summed E-state index contributed by atoms with van der Waals surface area (Å²) in [5, 5.41) is 0. The van der Waals surface area contributed by atoms with Crippen molar-refractivity contribution in [2.24, 2.45) is 22.7 Å². The molecule has 2 bridgehead atoms. The van der Waals surface area contributed by atoms with E-state index in [1.165, 1.54) is 6.92 Å². The number of hydrogen-bond acceptors (Lipinski definition) is 3. The molecule has 3 rings (SSSR count). The molecule has 0 aromatic carbocycles. The molecule has 2 saturated carbocycles. The minimum absolute atomic E-state index is 0.0298. The molecule has 0 radical (unpaired) electrons. The van der Waals surface area contributed by atoms with Gasteiger partial charge in [-0.1, -0.05) is 27.6 Å². The molecule has 4 nitrogen and oxygen atoms in total. The van der Waals surface area contributed by atoms with Gasteiger partial charge in [-0.05, 0) is 36.5 Å².